The van der Waals surface area contributed by atoms with Gasteiger partial charge in [0.15, 0.2) is 0 Å². The Morgan fingerprint density at radius 3 is 2.13 bits per heavy atom. The third-order valence-corrected chi connectivity index (χ3v) is 6.10. The maximum atomic E-state index is 12.6. The fourth-order valence-electron chi connectivity index (χ4n) is 3.03. The maximum absolute atomic E-state index is 12.6. The van der Waals surface area contributed by atoms with Crippen LogP contribution in [0.3, 0.4) is 0 Å². The van der Waals surface area contributed by atoms with Crippen LogP contribution in [0.25, 0.3) is 0 Å². The van der Waals surface area contributed by atoms with E-state index in [0.717, 1.165) is 4.90 Å². The number of amides is 3. The van der Waals surface area contributed by atoms with Crippen LogP contribution < -0.4 is 14.9 Å². The van der Waals surface area contributed by atoms with E-state index in [4.69, 9.17) is 9.94 Å². The van der Waals surface area contributed by atoms with Gasteiger partial charge in [0, 0.05) is 6.54 Å². The molecule has 3 amide bonds. The number of fused-ring (bicyclic) bond motifs is 1. The summed E-state index contributed by atoms with van der Waals surface area (Å²) in [5, 5.41) is 8.98. The van der Waals surface area contributed by atoms with Gasteiger partial charge in [0.25, 0.3) is 17.7 Å². The van der Waals surface area contributed by atoms with Crippen molar-refractivity contribution in [2.75, 3.05) is 13.7 Å². The summed E-state index contributed by atoms with van der Waals surface area (Å²) in [6.45, 7) is -0.227. The summed E-state index contributed by atoms with van der Waals surface area (Å²) >= 11 is 0. The van der Waals surface area contributed by atoms with Crippen LogP contribution in [0.2, 0.25) is 0 Å². The first kappa shape index (κ1) is 21.4. The lowest BCUT2D eigenvalue weighted by atomic mass is 10.1. The summed E-state index contributed by atoms with van der Waals surface area (Å²) in [4.78, 5) is 37.7. The Bertz CT molecular complexity index is 1050. The fourth-order valence-corrected chi connectivity index (χ4v) is 4.26. The van der Waals surface area contributed by atoms with Gasteiger partial charge in [-0.3, -0.25) is 24.5 Å². The Morgan fingerprint density at radius 2 is 1.63 bits per heavy atom. The van der Waals surface area contributed by atoms with Crippen molar-refractivity contribution in [3.8, 4) is 5.75 Å². The number of hydrogen-bond acceptors (Lipinski definition) is 7. The van der Waals surface area contributed by atoms with Gasteiger partial charge in [-0.15, -0.1) is 0 Å². The van der Waals surface area contributed by atoms with Crippen molar-refractivity contribution in [3.05, 3.63) is 59.7 Å². The quantitative estimate of drug-likeness (QED) is 0.313. The summed E-state index contributed by atoms with van der Waals surface area (Å²) < 4.78 is 32.4. The van der Waals surface area contributed by atoms with Gasteiger partial charge in [-0.2, -0.15) is 4.72 Å². The van der Waals surface area contributed by atoms with Crippen molar-refractivity contribution in [1.29, 1.82) is 0 Å². The van der Waals surface area contributed by atoms with Gasteiger partial charge < -0.3 is 4.74 Å². The van der Waals surface area contributed by atoms with E-state index in [-0.39, 0.29) is 29.0 Å². The third kappa shape index (κ3) is 4.17. The van der Waals surface area contributed by atoms with Crippen molar-refractivity contribution in [3.63, 3.8) is 0 Å². The number of carbonyl (C=O) groups excluding carboxylic acids is 3. The smallest absolute Gasteiger partial charge is 0.261 e. The number of hydrogen-bond donors (Lipinski definition) is 3. The predicted octanol–water partition coefficient (Wildman–Crippen LogP) is 0.534. The number of methoxy groups -OCH3 is 1. The van der Waals surface area contributed by atoms with Crippen LogP contribution in [0.1, 0.15) is 27.1 Å². The standard InChI is InChI=1S/C19H19N3O7S/c1-29-12-6-8-13(9-7-12)30(27,28)21-16(17(23)20-26)10-11-22-18(24)14-4-2-3-5-15(14)19(22)25/h2-9,16,21,26H,10-11H2,1H3,(H,20,23). The Balaban J connectivity index is 1.75. The highest BCUT2D eigenvalue weighted by atomic mass is 32.2. The van der Waals surface area contributed by atoms with Gasteiger partial charge >= 0.3 is 0 Å². The molecule has 0 spiro atoms. The lowest BCUT2D eigenvalue weighted by Crippen LogP contribution is -2.47. The van der Waals surface area contributed by atoms with Gasteiger partial charge in [-0.1, -0.05) is 12.1 Å². The molecule has 0 fully saturated rings. The normalized spacial score (nSPS) is 14.4. The second kappa shape index (κ2) is 8.61. The lowest BCUT2D eigenvalue weighted by molar-refractivity contribution is -0.131. The summed E-state index contributed by atoms with van der Waals surface area (Å²) in [6.07, 6.45) is -0.243. The van der Waals surface area contributed by atoms with Gasteiger partial charge in [0.2, 0.25) is 10.0 Å². The Labute approximate surface area is 172 Å². The highest BCUT2D eigenvalue weighted by Gasteiger charge is 2.36. The zero-order valence-electron chi connectivity index (χ0n) is 15.9. The van der Waals surface area contributed by atoms with Gasteiger partial charge in [0.1, 0.15) is 11.8 Å². The molecule has 1 atom stereocenters. The molecule has 1 unspecified atom stereocenters. The summed E-state index contributed by atoms with van der Waals surface area (Å²) in [7, 11) is -2.70. The first-order valence-electron chi connectivity index (χ1n) is 8.84. The van der Waals surface area contributed by atoms with E-state index in [1.165, 1.54) is 49.0 Å². The van der Waals surface area contributed by atoms with E-state index < -0.39 is 33.8 Å². The minimum absolute atomic E-state index is 0.125. The van der Waals surface area contributed by atoms with E-state index in [1.54, 1.807) is 12.1 Å². The van der Waals surface area contributed by atoms with Crippen LogP contribution in [0.4, 0.5) is 0 Å². The van der Waals surface area contributed by atoms with Gasteiger partial charge in [-0.05, 0) is 42.8 Å². The SMILES string of the molecule is COc1ccc(S(=O)(=O)NC(CCN2C(=O)c3ccccc3C2=O)C(=O)NO)cc1. The molecule has 1 aliphatic rings. The number of nitrogens with one attached hydrogen (secondary N) is 2. The molecule has 0 aromatic heterocycles. The molecule has 0 saturated heterocycles. The van der Waals surface area contributed by atoms with Crippen LogP contribution in [0.15, 0.2) is 53.4 Å². The molecular formula is C19H19N3O7S. The number of hydroxylamine groups is 1. The van der Waals surface area contributed by atoms with Gasteiger partial charge in [-0.25, -0.2) is 13.9 Å². The number of ether oxygens (including phenoxy) is 1. The van der Waals surface area contributed by atoms with E-state index >= 15 is 0 Å². The number of benzene rings is 2. The topological polar surface area (TPSA) is 142 Å². The largest absolute Gasteiger partial charge is 0.497 e. The number of nitrogens with zero attached hydrogens (tertiary/aromatic N) is 1. The first-order chi connectivity index (χ1) is 14.3. The third-order valence-electron chi connectivity index (χ3n) is 4.61. The molecule has 158 valence electrons. The monoisotopic (exact) mass is 433 g/mol. The molecule has 30 heavy (non-hydrogen) atoms. The van der Waals surface area contributed by atoms with Crippen molar-refractivity contribution in [2.24, 2.45) is 0 Å². The van der Waals surface area contributed by atoms with E-state index in [1.807, 2.05) is 0 Å². The van der Waals surface area contributed by atoms with Crippen molar-refractivity contribution < 1.29 is 32.7 Å². The fraction of sp³-hybridized carbons (Fsp3) is 0.211. The number of imide groups is 1. The van der Waals surface area contributed by atoms with Crippen molar-refractivity contribution in [2.45, 2.75) is 17.4 Å². The molecule has 2 aromatic rings. The van der Waals surface area contributed by atoms with E-state index in [0.29, 0.717) is 5.75 Å². The highest BCUT2D eigenvalue weighted by Crippen LogP contribution is 2.23. The molecule has 11 heteroatoms. The molecule has 0 saturated carbocycles. The Morgan fingerprint density at radius 1 is 1.07 bits per heavy atom. The number of sulfonamides is 1. The Kier molecular flexibility index (Phi) is 6.15. The number of rotatable bonds is 8. The second-order valence-corrected chi connectivity index (χ2v) is 8.14. The molecule has 3 N–H and O–H groups in total. The molecule has 2 aromatic carbocycles. The van der Waals surface area contributed by atoms with Gasteiger partial charge in [0.05, 0.1) is 23.1 Å². The maximum Gasteiger partial charge on any atom is 0.261 e. The highest BCUT2D eigenvalue weighted by molar-refractivity contribution is 7.89. The Hall–Kier alpha value is -3.28. The summed E-state index contributed by atoms with van der Waals surface area (Å²) in [5.74, 6) is -1.64. The van der Waals surface area contributed by atoms with Crippen LogP contribution in [-0.2, 0) is 14.8 Å². The van der Waals surface area contributed by atoms with E-state index in [2.05, 4.69) is 4.72 Å². The zero-order chi connectivity index (χ0) is 21.9. The molecule has 3 rings (SSSR count). The molecule has 0 bridgehead atoms. The first-order valence-corrected chi connectivity index (χ1v) is 10.3. The van der Waals surface area contributed by atoms with Crippen LogP contribution in [-0.4, -0.2) is 55.9 Å². The molecule has 0 aliphatic carbocycles. The van der Waals surface area contributed by atoms with Crippen molar-refractivity contribution in [1.82, 2.24) is 15.1 Å². The minimum Gasteiger partial charge on any atom is -0.497 e. The molecule has 10 nitrogen and oxygen atoms in total. The van der Waals surface area contributed by atoms with E-state index in [9.17, 15) is 22.8 Å². The molecule has 1 heterocycles. The van der Waals surface area contributed by atoms with Crippen molar-refractivity contribution >= 4 is 27.7 Å². The average molecular weight is 433 g/mol. The van der Waals surface area contributed by atoms with Crippen LogP contribution >= 0.6 is 0 Å². The molecule has 1 aliphatic heterocycles. The summed E-state index contributed by atoms with van der Waals surface area (Å²) in [6, 6.07) is 10.3. The van der Waals surface area contributed by atoms with Crippen LogP contribution in [0.5, 0.6) is 5.75 Å². The minimum atomic E-state index is -4.13. The average Bonchev–Trinajstić information content (AvgIpc) is 3.00. The van der Waals surface area contributed by atoms with Crippen LogP contribution in [0, 0.1) is 0 Å². The predicted molar refractivity (Wildman–Crippen MR) is 103 cm³/mol. The lowest BCUT2D eigenvalue weighted by Gasteiger charge is -2.20. The molecule has 0 radical (unpaired) electrons. The second-order valence-electron chi connectivity index (χ2n) is 6.42. The molecular weight excluding hydrogens is 414 g/mol. The number of carbonyl (C=O) groups is 3. The summed E-state index contributed by atoms with van der Waals surface area (Å²) in [5.41, 5.74) is 1.88. The zero-order valence-corrected chi connectivity index (χ0v) is 16.7.